The fraction of sp³-hybridized carbons (Fsp3) is 0.500. The summed E-state index contributed by atoms with van der Waals surface area (Å²) in [5.41, 5.74) is 1.68. The number of halogens is 1. The van der Waals surface area contributed by atoms with Crippen LogP contribution in [-0.2, 0) is 9.59 Å². The molecule has 3 nitrogen and oxygen atoms in total. The molecule has 1 aliphatic rings. The normalized spacial score (nSPS) is 17.4. The molecule has 0 saturated heterocycles. The van der Waals surface area contributed by atoms with Gasteiger partial charge in [0.15, 0.2) is 5.12 Å². The molecule has 1 aromatic carbocycles. The second-order valence-corrected chi connectivity index (χ2v) is 7.13. The van der Waals surface area contributed by atoms with E-state index in [1.807, 2.05) is 6.07 Å². The van der Waals surface area contributed by atoms with Gasteiger partial charge in [-0.25, -0.2) is 0 Å². The van der Waals surface area contributed by atoms with Gasteiger partial charge in [-0.05, 0) is 36.0 Å². The standard InChI is InChI=1S/C16H19ClO3S/c1-10(18)21-15(16(19)20)12-7-8-13(14(17)9-12)11-5-3-2-4-6-11/h7-9,11,15H,2-6H2,1H3,(H,19,20). The van der Waals surface area contributed by atoms with Gasteiger partial charge < -0.3 is 5.11 Å². The van der Waals surface area contributed by atoms with Gasteiger partial charge in [-0.3, -0.25) is 9.59 Å². The lowest BCUT2D eigenvalue weighted by atomic mass is 9.84. The first-order chi connectivity index (χ1) is 9.99. The minimum Gasteiger partial charge on any atom is -0.480 e. The van der Waals surface area contributed by atoms with Crippen LogP contribution in [0.4, 0.5) is 0 Å². The van der Waals surface area contributed by atoms with Gasteiger partial charge in [0.25, 0.3) is 0 Å². The third kappa shape index (κ3) is 4.24. The van der Waals surface area contributed by atoms with Crippen LogP contribution in [0.1, 0.15) is 61.3 Å². The smallest absolute Gasteiger partial charge is 0.321 e. The summed E-state index contributed by atoms with van der Waals surface area (Å²) in [6, 6.07) is 5.44. The van der Waals surface area contributed by atoms with Gasteiger partial charge in [-0.1, -0.05) is 54.8 Å². The number of carboxylic acids is 1. The molecule has 5 heteroatoms. The van der Waals surface area contributed by atoms with Gasteiger partial charge in [0.2, 0.25) is 0 Å². The molecule has 1 fully saturated rings. The van der Waals surface area contributed by atoms with Gasteiger partial charge in [0.1, 0.15) is 5.25 Å². The zero-order valence-electron chi connectivity index (χ0n) is 12.0. The van der Waals surface area contributed by atoms with E-state index in [0.29, 0.717) is 16.5 Å². The summed E-state index contributed by atoms with van der Waals surface area (Å²) in [5, 5.41) is 8.79. The number of carbonyl (C=O) groups is 2. The van der Waals surface area contributed by atoms with E-state index in [9.17, 15) is 14.7 Å². The van der Waals surface area contributed by atoms with Crippen LogP contribution in [0.15, 0.2) is 18.2 Å². The highest BCUT2D eigenvalue weighted by atomic mass is 35.5. The second-order valence-electron chi connectivity index (χ2n) is 5.44. The number of hydrogen-bond donors (Lipinski definition) is 1. The van der Waals surface area contributed by atoms with Crippen LogP contribution in [0.25, 0.3) is 0 Å². The maximum atomic E-state index is 11.3. The monoisotopic (exact) mass is 326 g/mol. The number of thioether (sulfide) groups is 1. The third-order valence-electron chi connectivity index (χ3n) is 3.88. The van der Waals surface area contributed by atoms with Gasteiger partial charge in [-0.2, -0.15) is 0 Å². The molecule has 21 heavy (non-hydrogen) atoms. The summed E-state index contributed by atoms with van der Waals surface area (Å²) < 4.78 is 0. The zero-order valence-corrected chi connectivity index (χ0v) is 13.5. The number of carbonyl (C=O) groups excluding carboxylic acids is 1. The molecule has 1 atom stereocenters. The fourth-order valence-corrected chi connectivity index (χ4v) is 3.94. The summed E-state index contributed by atoms with van der Waals surface area (Å²) >= 11 is 7.17. The quantitative estimate of drug-likeness (QED) is 0.864. The molecule has 1 aliphatic carbocycles. The first-order valence-electron chi connectivity index (χ1n) is 7.18. The second kappa shape index (κ2) is 7.32. The fourth-order valence-electron chi connectivity index (χ4n) is 2.88. The Kier molecular flexibility index (Phi) is 5.71. The number of rotatable bonds is 4. The lowest BCUT2D eigenvalue weighted by Crippen LogP contribution is -2.11. The molecule has 1 unspecified atom stereocenters. The highest BCUT2D eigenvalue weighted by Crippen LogP contribution is 2.39. The van der Waals surface area contributed by atoms with Gasteiger partial charge in [-0.15, -0.1) is 0 Å². The molecule has 0 aliphatic heterocycles. The first-order valence-corrected chi connectivity index (χ1v) is 8.44. The molecule has 1 aromatic rings. The van der Waals surface area contributed by atoms with E-state index >= 15 is 0 Å². The predicted octanol–water partition coefficient (Wildman–Crippen LogP) is 4.79. The van der Waals surface area contributed by atoms with Crippen LogP contribution < -0.4 is 0 Å². The van der Waals surface area contributed by atoms with Crippen molar-refractivity contribution in [1.29, 1.82) is 0 Å². The molecule has 2 rings (SSSR count). The van der Waals surface area contributed by atoms with Crippen molar-refractivity contribution in [2.75, 3.05) is 0 Å². The molecule has 0 bridgehead atoms. The zero-order chi connectivity index (χ0) is 15.4. The molecule has 1 N–H and O–H groups in total. The number of carboxylic acid groups (broad SMARTS) is 1. The van der Waals surface area contributed by atoms with Crippen LogP contribution in [0, 0.1) is 0 Å². The molecule has 0 radical (unpaired) electrons. The number of hydrogen-bond acceptors (Lipinski definition) is 3. The minimum absolute atomic E-state index is 0.213. The van der Waals surface area contributed by atoms with E-state index in [-0.39, 0.29) is 5.12 Å². The Bertz CT molecular complexity index is 538. The van der Waals surface area contributed by atoms with E-state index < -0.39 is 11.2 Å². The van der Waals surface area contributed by atoms with Crippen molar-refractivity contribution in [1.82, 2.24) is 0 Å². The predicted molar refractivity (Wildman–Crippen MR) is 85.9 cm³/mol. The molecular weight excluding hydrogens is 308 g/mol. The van der Waals surface area contributed by atoms with Crippen molar-refractivity contribution in [3.8, 4) is 0 Å². The van der Waals surface area contributed by atoms with E-state index in [2.05, 4.69) is 0 Å². The van der Waals surface area contributed by atoms with Crippen LogP contribution in [0.3, 0.4) is 0 Å². The molecule has 0 amide bonds. The summed E-state index contributed by atoms with van der Waals surface area (Å²) in [5.74, 6) is -0.541. The largest absolute Gasteiger partial charge is 0.480 e. The topological polar surface area (TPSA) is 54.4 Å². The average Bonchev–Trinajstić information content (AvgIpc) is 2.45. The molecule has 0 aromatic heterocycles. The highest BCUT2D eigenvalue weighted by molar-refractivity contribution is 8.14. The maximum absolute atomic E-state index is 11.3. The Balaban J connectivity index is 2.24. The summed E-state index contributed by atoms with van der Waals surface area (Å²) in [7, 11) is 0. The van der Waals surface area contributed by atoms with Crippen LogP contribution >= 0.6 is 23.4 Å². The number of benzene rings is 1. The molecule has 114 valence electrons. The van der Waals surface area contributed by atoms with Crippen molar-refractivity contribution in [3.05, 3.63) is 34.3 Å². The Morgan fingerprint density at radius 3 is 2.48 bits per heavy atom. The van der Waals surface area contributed by atoms with Crippen molar-refractivity contribution in [3.63, 3.8) is 0 Å². The third-order valence-corrected chi connectivity index (χ3v) is 5.25. The first kappa shape index (κ1) is 16.4. The van der Waals surface area contributed by atoms with Crippen molar-refractivity contribution < 1.29 is 14.7 Å². The maximum Gasteiger partial charge on any atom is 0.321 e. The lowest BCUT2D eigenvalue weighted by molar-refractivity contribution is -0.136. The van der Waals surface area contributed by atoms with Gasteiger partial charge in [0.05, 0.1) is 0 Å². The summed E-state index contributed by atoms with van der Waals surface area (Å²) in [4.78, 5) is 22.5. The SMILES string of the molecule is CC(=O)SC(C(=O)O)c1ccc(C2CCCCC2)c(Cl)c1. The Morgan fingerprint density at radius 1 is 1.29 bits per heavy atom. The van der Waals surface area contributed by atoms with Crippen LogP contribution in [-0.4, -0.2) is 16.2 Å². The molecular formula is C16H19ClO3S. The van der Waals surface area contributed by atoms with E-state index in [0.717, 1.165) is 30.2 Å². The molecule has 0 spiro atoms. The van der Waals surface area contributed by atoms with Crippen LogP contribution in [0.2, 0.25) is 5.02 Å². The molecule has 1 saturated carbocycles. The lowest BCUT2D eigenvalue weighted by Gasteiger charge is -2.23. The molecule has 0 heterocycles. The highest BCUT2D eigenvalue weighted by Gasteiger charge is 2.25. The van der Waals surface area contributed by atoms with E-state index in [1.54, 1.807) is 12.1 Å². The van der Waals surface area contributed by atoms with Crippen molar-refractivity contribution >= 4 is 34.4 Å². The van der Waals surface area contributed by atoms with Gasteiger partial charge >= 0.3 is 5.97 Å². The van der Waals surface area contributed by atoms with E-state index in [1.165, 1.54) is 26.2 Å². The Hall–Kier alpha value is -1.00. The average molecular weight is 327 g/mol. The summed E-state index contributed by atoms with van der Waals surface area (Å²) in [6.07, 6.45) is 6.01. The number of aliphatic carboxylic acids is 1. The van der Waals surface area contributed by atoms with E-state index in [4.69, 9.17) is 11.6 Å². The minimum atomic E-state index is -1.02. The summed E-state index contributed by atoms with van der Waals surface area (Å²) in [6.45, 7) is 1.37. The van der Waals surface area contributed by atoms with Gasteiger partial charge in [0, 0.05) is 11.9 Å². The Morgan fingerprint density at radius 2 is 1.95 bits per heavy atom. The van der Waals surface area contributed by atoms with Crippen molar-refractivity contribution in [2.45, 2.75) is 50.2 Å². The Labute approximate surface area is 134 Å². The van der Waals surface area contributed by atoms with Crippen molar-refractivity contribution in [2.24, 2.45) is 0 Å². The van der Waals surface area contributed by atoms with Crippen LogP contribution in [0.5, 0.6) is 0 Å².